The largest absolute Gasteiger partial charge is 0.458 e. The summed E-state index contributed by atoms with van der Waals surface area (Å²) in [6, 6.07) is 0. The minimum atomic E-state index is -1.44. The standard InChI is InChI=1S/C27H36O7/c1-6-23(32)34-27(22(31)14-33-16(3)28)10-8-19-18-11-15(2)20-12-17(29)7-9-25(20,4)24(18)21(30)13-26(19,27)5/h7,9,12,15,18-19,21,24,30H,6,8,10-11,13-14H2,1-5H3/t15-,18-,19?,21+,24+,25-,26-,27-/m0/s1. The van der Waals surface area contributed by atoms with E-state index in [-0.39, 0.29) is 35.9 Å². The van der Waals surface area contributed by atoms with Crippen LogP contribution in [0.1, 0.15) is 66.7 Å². The van der Waals surface area contributed by atoms with Crippen LogP contribution in [0.25, 0.3) is 0 Å². The Morgan fingerprint density at radius 2 is 1.94 bits per heavy atom. The van der Waals surface area contributed by atoms with Gasteiger partial charge in [0, 0.05) is 30.1 Å². The average Bonchev–Trinajstić information content (AvgIpc) is 3.05. The van der Waals surface area contributed by atoms with Crippen LogP contribution >= 0.6 is 0 Å². The van der Waals surface area contributed by atoms with Crippen molar-refractivity contribution in [3.8, 4) is 0 Å². The molecule has 0 saturated heterocycles. The fourth-order valence-electron chi connectivity index (χ4n) is 7.97. The predicted molar refractivity (Wildman–Crippen MR) is 123 cm³/mol. The number of esters is 2. The first-order valence-corrected chi connectivity index (χ1v) is 12.4. The van der Waals surface area contributed by atoms with Gasteiger partial charge < -0.3 is 14.6 Å². The molecule has 0 bridgehead atoms. The molecule has 1 N–H and O–H groups in total. The Kier molecular flexibility index (Phi) is 6.16. The smallest absolute Gasteiger partial charge is 0.306 e. The maximum absolute atomic E-state index is 13.5. The molecular weight excluding hydrogens is 436 g/mol. The molecule has 7 heteroatoms. The van der Waals surface area contributed by atoms with Crippen molar-refractivity contribution in [3.05, 3.63) is 23.8 Å². The van der Waals surface area contributed by atoms with Crippen molar-refractivity contribution in [2.75, 3.05) is 6.61 Å². The number of Topliss-reactive ketones (excluding diaryl/α,β-unsaturated/α-hetero) is 1. The third-order valence-corrected chi connectivity index (χ3v) is 9.37. The molecule has 0 aromatic heterocycles. The van der Waals surface area contributed by atoms with Crippen LogP contribution in [0, 0.1) is 34.5 Å². The van der Waals surface area contributed by atoms with Crippen molar-refractivity contribution < 1.29 is 33.8 Å². The van der Waals surface area contributed by atoms with Crippen LogP contribution in [0.5, 0.6) is 0 Å². The second-order valence-corrected chi connectivity index (χ2v) is 11.1. The highest BCUT2D eigenvalue weighted by molar-refractivity contribution is 6.01. The average molecular weight is 473 g/mol. The van der Waals surface area contributed by atoms with Gasteiger partial charge in [-0.3, -0.25) is 19.2 Å². The number of carbonyl (C=O) groups excluding carboxylic acids is 4. The van der Waals surface area contributed by atoms with Gasteiger partial charge in [0.05, 0.1) is 6.10 Å². The van der Waals surface area contributed by atoms with Gasteiger partial charge in [0.2, 0.25) is 5.78 Å². The highest BCUT2D eigenvalue weighted by Crippen LogP contribution is 2.68. The normalized spacial score (nSPS) is 42.7. The van der Waals surface area contributed by atoms with E-state index in [4.69, 9.17) is 9.47 Å². The molecule has 1 unspecified atom stereocenters. The molecule has 0 radical (unpaired) electrons. The molecule has 4 rings (SSSR count). The Hall–Kier alpha value is -2.28. The zero-order valence-electron chi connectivity index (χ0n) is 20.8. The number of allylic oxidation sites excluding steroid dienone is 4. The lowest BCUT2D eigenvalue weighted by Gasteiger charge is -2.61. The molecule has 0 spiro atoms. The fourth-order valence-corrected chi connectivity index (χ4v) is 7.97. The second-order valence-electron chi connectivity index (χ2n) is 11.1. The van der Waals surface area contributed by atoms with E-state index in [2.05, 4.69) is 13.8 Å². The van der Waals surface area contributed by atoms with Crippen LogP contribution in [0.15, 0.2) is 23.8 Å². The molecule has 0 aromatic rings. The van der Waals surface area contributed by atoms with E-state index in [9.17, 15) is 24.3 Å². The zero-order chi connectivity index (χ0) is 25.1. The van der Waals surface area contributed by atoms with Crippen molar-refractivity contribution >= 4 is 23.5 Å². The molecule has 0 aliphatic heterocycles. The Bertz CT molecular complexity index is 979. The van der Waals surface area contributed by atoms with Gasteiger partial charge in [0.15, 0.2) is 18.0 Å². The fraction of sp³-hybridized carbons (Fsp3) is 0.704. The lowest BCUT2D eigenvalue weighted by molar-refractivity contribution is -0.201. The molecule has 3 saturated carbocycles. The van der Waals surface area contributed by atoms with E-state index < -0.39 is 46.9 Å². The van der Waals surface area contributed by atoms with Crippen LogP contribution < -0.4 is 0 Å². The van der Waals surface area contributed by atoms with Gasteiger partial charge in [-0.05, 0) is 55.6 Å². The molecular formula is C27H36O7. The minimum Gasteiger partial charge on any atom is -0.458 e. The molecule has 34 heavy (non-hydrogen) atoms. The summed E-state index contributed by atoms with van der Waals surface area (Å²) in [5.74, 6) is -1.29. The molecule has 8 atom stereocenters. The second kappa shape index (κ2) is 8.43. The Labute approximate surface area is 200 Å². The number of aliphatic hydroxyl groups is 1. The first-order valence-electron chi connectivity index (χ1n) is 12.4. The minimum absolute atomic E-state index is 0.0182. The number of ether oxygens (including phenoxy) is 2. The first kappa shape index (κ1) is 24.8. The van der Waals surface area contributed by atoms with Crippen molar-refractivity contribution in [2.24, 2.45) is 34.5 Å². The number of rotatable bonds is 5. The van der Waals surface area contributed by atoms with Crippen molar-refractivity contribution in [1.82, 2.24) is 0 Å². The topological polar surface area (TPSA) is 107 Å². The van der Waals surface area contributed by atoms with Crippen LogP contribution in [0.4, 0.5) is 0 Å². The summed E-state index contributed by atoms with van der Waals surface area (Å²) in [5, 5.41) is 11.6. The summed E-state index contributed by atoms with van der Waals surface area (Å²) in [6.45, 7) is 8.65. The molecule has 7 nitrogen and oxygen atoms in total. The van der Waals surface area contributed by atoms with Crippen molar-refractivity contribution in [2.45, 2.75) is 78.4 Å². The highest BCUT2D eigenvalue weighted by Gasteiger charge is 2.70. The van der Waals surface area contributed by atoms with Gasteiger partial charge in [-0.1, -0.05) is 39.3 Å². The third kappa shape index (κ3) is 3.50. The first-order chi connectivity index (χ1) is 15.9. The molecule has 3 fully saturated rings. The summed E-state index contributed by atoms with van der Waals surface area (Å²) >= 11 is 0. The van der Waals surface area contributed by atoms with Crippen LogP contribution in [0.3, 0.4) is 0 Å². The van der Waals surface area contributed by atoms with Gasteiger partial charge in [0.1, 0.15) is 0 Å². The third-order valence-electron chi connectivity index (χ3n) is 9.37. The van der Waals surface area contributed by atoms with Gasteiger partial charge in [-0.2, -0.15) is 0 Å². The number of aliphatic hydroxyl groups excluding tert-OH is 1. The summed E-state index contributed by atoms with van der Waals surface area (Å²) in [4.78, 5) is 49.6. The molecule has 0 amide bonds. The van der Waals surface area contributed by atoms with Crippen LogP contribution in [-0.2, 0) is 28.7 Å². The SMILES string of the molecule is CCC(=O)O[C@]1(C(=O)COC(C)=O)CCC2[C@@H]3C[C@H](C)C4=CC(=O)C=C[C@]4(C)[C@H]3[C@H](O)C[C@@]21C. The summed E-state index contributed by atoms with van der Waals surface area (Å²) in [5.41, 5.74) is -1.60. The lowest BCUT2D eigenvalue weighted by atomic mass is 9.44. The summed E-state index contributed by atoms with van der Waals surface area (Å²) < 4.78 is 11.0. The van der Waals surface area contributed by atoms with Crippen LogP contribution in [0.2, 0.25) is 0 Å². The van der Waals surface area contributed by atoms with Gasteiger partial charge in [0.25, 0.3) is 0 Å². The van der Waals surface area contributed by atoms with E-state index in [0.717, 1.165) is 12.0 Å². The highest BCUT2D eigenvalue weighted by atomic mass is 16.6. The molecule has 4 aliphatic rings. The Balaban J connectivity index is 1.76. The molecule has 186 valence electrons. The number of fused-ring (bicyclic) bond motifs is 5. The van der Waals surface area contributed by atoms with E-state index in [1.54, 1.807) is 19.1 Å². The summed E-state index contributed by atoms with van der Waals surface area (Å²) in [7, 11) is 0. The Morgan fingerprint density at radius 3 is 2.59 bits per heavy atom. The number of hydrogen-bond donors (Lipinski definition) is 1. The molecule has 0 aromatic carbocycles. The molecule has 4 aliphatic carbocycles. The quantitative estimate of drug-likeness (QED) is 0.612. The predicted octanol–water partition coefficient (Wildman–Crippen LogP) is 3.34. The number of hydrogen-bond acceptors (Lipinski definition) is 7. The van der Waals surface area contributed by atoms with Crippen molar-refractivity contribution in [1.29, 1.82) is 0 Å². The van der Waals surface area contributed by atoms with E-state index >= 15 is 0 Å². The zero-order valence-corrected chi connectivity index (χ0v) is 20.8. The van der Waals surface area contributed by atoms with Crippen LogP contribution in [-0.4, -0.2) is 46.9 Å². The monoisotopic (exact) mass is 472 g/mol. The molecule has 0 heterocycles. The number of ketones is 2. The van der Waals surface area contributed by atoms with E-state index in [1.807, 2.05) is 13.0 Å². The lowest BCUT2D eigenvalue weighted by Crippen LogP contribution is -2.63. The van der Waals surface area contributed by atoms with Gasteiger partial charge >= 0.3 is 11.9 Å². The van der Waals surface area contributed by atoms with Crippen molar-refractivity contribution in [3.63, 3.8) is 0 Å². The Morgan fingerprint density at radius 1 is 1.24 bits per heavy atom. The van der Waals surface area contributed by atoms with E-state index in [1.165, 1.54) is 6.92 Å². The van der Waals surface area contributed by atoms with Gasteiger partial charge in [-0.15, -0.1) is 0 Å². The summed E-state index contributed by atoms with van der Waals surface area (Å²) in [6.07, 6.45) is 6.77. The maximum Gasteiger partial charge on any atom is 0.306 e. The van der Waals surface area contributed by atoms with Gasteiger partial charge in [-0.25, -0.2) is 0 Å². The van der Waals surface area contributed by atoms with E-state index in [0.29, 0.717) is 19.3 Å². The maximum atomic E-state index is 13.5. The number of carbonyl (C=O) groups is 4.